The van der Waals surface area contributed by atoms with E-state index in [1.807, 2.05) is 6.92 Å². The SMILES string of the molecule is Cc1ccc(NC(=O)C2CCN(S(=O)(=O)c3ccc(F)cc3)CC2)c(O)c1. The Hall–Kier alpha value is -2.45. The number of benzene rings is 2. The third-order valence-electron chi connectivity index (χ3n) is 4.69. The van der Waals surface area contributed by atoms with E-state index in [1.54, 1.807) is 18.2 Å². The van der Waals surface area contributed by atoms with E-state index >= 15 is 0 Å². The first-order valence-corrected chi connectivity index (χ1v) is 10.1. The second kappa shape index (κ2) is 7.66. The van der Waals surface area contributed by atoms with E-state index in [0.29, 0.717) is 18.5 Å². The molecule has 1 saturated heterocycles. The third-order valence-corrected chi connectivity index (χ3v) is 6.60. The normalized spacial score (nSPS) is 16.2. The van der Waals surface area contributed by atoms with Crippen molar-refractivity contribution < 1.29 is 22.7 Å². The van der Waals surface area contributed by atoms with Gasteiger partial charge in [-0.3, -0.25) is 4.79 Å². The first kappa shape index (κ1) is 19.3. The van der Waals surface area contributed by atoms with E-state index in [1.165, 1.54) is 16.4 Å². The van der Waals surface area contributed by atoms with Gasteiger partial charge in [-0.25, -0.2) is 12.8 Å². The van der Waals surface area contributed by atoms with Gasteiger partial charge in [-0.1, -0.05) is 6.07 Å². The number of phenolic OH excluding ortho intramolecular Hbond substituents is 1. The summed E-state index contributed by atoms with van der Waals surface area (Å²) in [4.78, 5) is 12.5. The van der Waals surface area contributed by atoms with Gasteiger partial charge in [0.05, 0.1) is 10.6 Å². The van der Waals surface area contributed by atoms with Crippen molar-refractivity contribution in [2.75, 3.05) is 18.4 Å². The van der Waals surface area contributed by atoms with Crippen molar-refractivity contribution in [3.8, 4) is 5.75 Å². The number of aryl methyl sites for hydroxylation is 1. The van der Waals surface area contributed by atoms with Gasteiger partial charge < -0.3 is 10.4 Å². The lowest BCUT2D eigenvalue weighted by Gasteiger charge is -2.30. The van der Waals surface area contributed by atoms with Gasteiger partial charge in [-0.15, -0.1) is 0 Å². The van der Waals surface area contributed by atoms with Crippen LogP contribution in [0, 0.1) is 18.7 Å². The Labute approximate surface area is 157 Å². The van der Waals surface area contributed by atoms with Crippen LogP contribution in [-0.4, -0.2) is 36.8 Å². The number of anilines is 1. The fourth-order valence-corrected chi connectivity index (χ4v) is 4.57. The lowest BCUT2D eigenvalue weighted by atomic mass is 9.97. The molecule has 0 aromatic heterocycles. The van der Waals surface area contributed by atoms with Crippen LogP contribution < -0.4 is 5.32 Å². The van der Waals surface area contributed by atoms with E-state index in [2.05, 4.69) is 5.32 Å². The maximum Gasteiger partial charge on any atom is 0.243 e. The minimum atomic E-state index is -3.70. The van der Waals surface area contributed by atoms with Gasteiger partial charge in [0.1, 0.15) is 11.6 Å². The number of rotatable bonds is 4. The molecule has 1 heterocycles. The molecule has 2 aromatic rings. The van der Waals surface area contributed by atoms with Crippen LogP contribution in [0.5, 0.6) is 5.75 Å². The third kappa shape index (κ3) is 4.28. The minimum Gasteiger partial charge on any atom is -0.506 e. The highest BCUT2D eigenvalue weighted by Gasteiger charge is 2.32. The topological polar surface area (TPSA) is 86.7 Å². The van der Waals surface area contributed by atoms with Crippen LogP contribution in [0.15, 0.2) is 47.4 Å². The number of nitrogens with one attached hydrogen (secondary N) is 1. The van der Waals surface area contributed by atoms with Crippen molar-refractivity contribution in [2.24, 2.45) is 5.92 Å². The van der Waals surface area contributed by atoms with Gasteiger partial charge in [-0.05, 0) is 61.7 Å². The smallest absolute Gasteiger partial charge is 0.243 e. The molecule has 6 nitrogen and oxygen atoms in total. The van der Waals surface area contributed by atoms with Gasteiger partial charge in [-0.2, -0.15) is 4.31 Å². The van der Waals surface area contributed by atoms with Crippen LogP contribution in [0.4, 0.5) is 10.1 Å². The summed E-state index contributed by atoms with van der Waals surface area (Å²) in [5.41, 5.74) is 1.22. The summed E-state index contributed by atoms with van der Waals surface area (Å²) < 4.78 is 39.6. The zero-order chi connectivity index (χ0) is 19.6. The largest absolute Gasteiger partial charge is 0.506 e. The number of sulfonamides is 1. The lowest BCUT2D eigenvalue weighted by Crippen LogP contribution is -2.41. The molecule has 0 atom stereocenters. The second-order valence-electron chi connectivity index (χ2n) is 6.64. The number of piperidine rings is 1. The molecule has 27 heavy (non-hydrogen) atoms. The van der Waals surface area contributed by atoms with Crippen molar-refractivity contribution in [1.29, 1.82) is 0 Å². The number of carbonyl (C=O) groups excluding carboxylic acids is 1. The molecule has 8 heteroatoms. The van der Waals surface area contributed by atoms with Crippen LogP contribution >= 0.6 is 0 Å². The first-order valence-electron chi connectivity index (χ1n) is 8.63. The number of amides is 1. The Bertz CT molecular complexity index is 937. The molecule has 1 fully saturated rings. The minimum absolute atomic E-state index is 0.000302. The molecular formula is C19H21FN2O4S. The lowest BCUT2D eigenvalue weighted by molar-refractivity contribution is -0.120. The molecule has 1 amide bonds. The number of carbonyl (C=O) groups is 1. The second-order valence-corrected chi connectivity index (χ2v) is 8.58. The molecule has 0 radical (unpaired) electrons. The van der Waals surface area contributed by atoms with E-state index in [4.69, 9.17) is 0 Å². The fraction of sp³-hybridized carbons (Fsp3) is 0.316. The number of aromatic hydroxyl groups is 1. The predicted molar refractivity (Wildman–Crippen MR) is 99.4 cm³/mol. The van der Waals surface area contributed by atoms with Crippen molar-refractivity contribution in [2.45, 2.75) is 24.7 Å². The molecule has 2 N–H and O–H groups in total. The van der Waals surface area contributed by atoms with E-state index < -0.39 is 15.8 Å². The number of halogens is 1. The summed E-state index contributed by atoms with van der Waals surface area (Å²) in [6, 6.07) is 9.69. The standard InChI is InChI=1S/C19H21FN2O4S/c1-13-2-7-17(18(23)12-13)21-19(24)14-8-10-22(11-9-14)27(25,26)16-5-3-15(20)4-6-16/h2-7,12,14,23H,8-11H2,1H3,(H,21,24). The van der Waals surface area contributed by atoms with E-state index in [0.717, 1.165) is 17.7 Å². The summed E-state index contributed by atoms with van der Waals surface area (Å²) in [7, 11) is -3.70. The highest BCUT2D eigenvalue weighted by Crippen LogP contribution is 2.28. The highest BCUT2D eigenvalue weighted by atomic mass is 32.2. The average Bonchev–Trinajstić information content (AvgIpc) is 2.64. The van der Waals surface area contributed by atoms with Crippen LogP contribution in [-0.2, 0) is 14.8 Å². The molecule has 0 unspecified atom stereocenters. The molecule has 0 spiro atoms. The molecule has 3 rings (SSSR count). The summed E-state index contributed by atoms with van der Waals surface area (Å²) in [5.74, 6) is -1.08. The zero-order valence-electron chi connectivity index (χ0n) is 14.9. The maximum atomic E-state index is 13.0. The zero-order valence-corrected chi connectivity index (χ0v) is 15.7. The number of nitrogens with zero attached hydrogens (tertiary/aromatic N) is 1. The van der Waals surface area contributed by atoms with Crippen molar-refractivity contribution in [3.05, 3.63) is 53.8 Å². The maximum absolute atomic E-state index is 13.0. The van der Waals surface area contributed by atoms with Gasteiger partial charge in [0.25, 0.3) is 0 Å². The number of hydrogen-bond acceptors (Lipinski definition) is 4. The Morgan fingerprint density at radius 1 is 1.15 bits per heavy atom. The molecule has 1 aliphatic heterocycles. The predicted octanol–water partition coefficient (Wildman–Crippen LogP) is 2.88. The first-order chi connectivity index (χ1) is 12.8. The number of phenols is 1. The molecule has 2 aromatic carbocycles. The molecule has 0 saturated carbocycles. The quantitative estimate of drug-likeness (QED) is 0.784. The van der Waals surface area contributed by atoms with Crippen LogP contribution in [0.25, 0.3) is 0 Å². The molecule has 0 aliphatic carbocycles. The summed E-state index contributed by atoms with van der Waals surface area (Å²) in [6.45, 7) is 2.25. The van der Waals surface area contributed by atoms with Gasteiger partial charge in [0.2, 0.25) is 15.9 Å². The monoisotopic (exact) mass is 392 g/mol. The summed E-state index contributed by atoms with van der Waals surface area (Å²) >= 11 is 0. The van der Waals surface area contributed by atoms with Crippen LogP contribution in [0.3, 0.4) is 0 Å². The Kier molecular flexibility index (Phi) is 5.48. The molecule has 0 bridgehead atoms. The van der Waals surface area contributed by atoms with Crippen LogP contribution in [0.2, 0.25) is 0 Å². The van der Waals surface area contributed by atoms with Gasteiger partial charge in [0.15, 0.2) is 0 Å². The van der Waals surface area contributed by atoms with E-state index in [9.17, 15) is 22.7 Å². The van der Waals surface area contributed by atoms with Crippen LogP contribution in [0.1, 0.15) is 18.4 Å². The van der Waals surface area contributed by atoms with Crippen molar-refractivity contribution in [3.63, 3.8) is 0 Å². The van der Waals surface area contributed by atoms with E-state index in [-0.39, 0.29) is 35.6 Å². The molecular weight excluding hydrogens is 371 g/mol. The van der Waals surface area contributed by atoms with Gasteiger partial charge in [0, 0.05) is 19.0 Å². The Morgan fingerprint density at radius 2 is 1.78 bits per heavy atom. The molecule has 1 aliphatic rings. The Balaban J connectivity index is 1.62. The van der Waals surface area contributed by atoms with Gasteiger partial charge >= 0.3 is 0 Å². The molecule has 144 valence electrons. The van der Waals surface area contributed by atoms with Crippen molar-refractivity contribution >= 4 is 21.6 Å². The number of hydrogen-bond donors (Lipinski definition) is 2. The Morgan fingerprint density at radius 3 is 2.37 bits per heavy atom. The fourth-order valence-electron chi connectivity index (χ4n) is 3.10. The summed E-state index contributed by atoms with van der Waals surface area (Å²) in [5, 5.41) is 12.6. The summed E-state index contributed by atoms with van der Waals surface area (Å²) in [6.07, 6.45) is 0.748. The van der Waals surface area contributed by atoms with Crippen molar-refractivity contribution in [1.82, 2.24) is 4.31 Å². The highest BCUT2D eigenvalue weighted by molar-refractivity contribution is 7.89. The average molecular weight is 392 g/mol.